The number of hydrogen-bond acceptors (Lipinski definition) is 2. The van der Waals surface area contributed by atoms with Crippen LogP contribution in [0.3, 0.4) is 0 Å². The molecule has 14 heavy (non-hydrogen) atoms. The molecule has 0 amide bonds. The minimum atomic E-state index is 0.875. The molecule has 0 saturated heterocycles. The van der Waals surface area contributed by atoms with Crippen LogP contribution in [0.5, 0.6) is 0 Å². The van der Waals surface area contributed by atoms with E-state index in [0.29, 0.717) is 0 Å². The third kappa shape index (κ3) is 8.52. The lowest BCUT2D eigenvalue weighted by Crippen LogP contribution is -2.14. The van der Waals surface area contributed by atoms with Crippen LogP contribution < -0.4 is 10.6 Å². The lowest BCUT2D eigenvalue weighted by atomic mass is 9.94. The van der Waals surface area contributed by atoms with Gasteiger partial charge in [-0.1, -0.05) is 26.7 Å². The predicted molar refractivity (Wildman–Crippen MR) is 64.6 cm³/mol. The van der Waals surface area contributed by atoms with Gasteiger partial charge in [0.1, 0.15) is 0 Å². The molecule has 2 unspecified atom stereocenters. The van der Waals surface area contributed by atoms with Gasteiger partial charge in [0.05, 0.1) is 0 Å². The fourth-order valence-corrected chi connectivity index (χ4v) is 1.64. The molecule has 0 heterocycles. The summed E-state index contributed by atoms with van der Waals surface area (Å²) in [4.78, 5) is 0. The second-order valence-electron chi connectivity index (χ2n) is 4.57. The first kappa shape index (κ1) is 13.9. The van der Waals surface area contributed by atoms with E-state index in [1.54, 1.807) is 0 Å². The summed E-state index contributed by atoms with van der Waals surface area (Å²) in [6, 6.07) is 0. The maximum absolute atomic E-state index is 3.21. The zero-order valence-corrected chi connectivity index (χ0v) is 10.4. The van der Waals surface area contributed by atoms with E-state index in [-0.39, 0.29) is 0 Å². The number of nitrogens with one attached hydrogen (secondary N) is 2. The maximum Gasteiger partial charge on any atom is -0.00494 e. The first-order chi connectivity index (χ1) is 6.70. The first-order valence-corrected chi connectivity index (χ1v) is 5.99. The quantitative estimate of drug-likeness (QED) is 0.596. The van der Waals surface area contributed by atoms with Gasteiger partial charge < -0.3 is 10.6 Å². The third-order valence-electron chi connectivity index (χ3n) is 2.93. The van der Waals surface area contributed by atoms with Crippen LogP contribution in [0.25, 0.3) is 0 Å². The number of rotatable bonds is 9. The molecule has 0 aliphatic heterocycles. The van der Waals surface area contributed by atoms with Crippen molar-refractivity contribution in [3.8, 4) is 0 Å². The average molecular weight is 200 g/mol. The van der Waals surface area contributed by atoms with E-state index in [9.17, 15) is 0 Å². The standard InChI is InChI=1S/C12H28N2/c1-11(7-9-13-3)5-6-12(2)8-10-14-4/h11-14H,5-10H2,1-4H3. The van der Waals surface area contributed by atoms with Crippen molar-refractivity contribution in [1.82, 2.24) is 10.6 Å². The van der Waals surface area contributed by atoms with Crippen molar-refractivity contribution in [3.05, 3.63) is 0 Å². The summed E-state index contributed by atoms with van der Waals surface area (Å²) in [5.74, 6) is 1.75. The Balaban J connectivity index is 3.31. The van der Waals surface area contributed by atoms with Crippen molar-refractivity contribution in [3.63, 3.8) is 0 Å². The second kappa shape index (κ2) is 9.47. The molecule has 0 rings (SSSR count). The Hall–Kier alpha value is -0.0800. The lowest BCUT2D eigenvalue weighted by molar-refractivity contribution is 0.393. The van der Waals surface area contributed by atoms with E-state index >= 15 is 0 Å². The Bertz CT molecular complexity index is 101. The van der Waals surface area contributed by atoms with Crippen LogP contribution >= 0.6 is 0 Å². The first-order valence-electron chi connectivity index (χ1n) is 5.99. The van der Waals surface area contributed by atoms with Crippen molar-refractivity contribution >= 4 is 0 Å². The van der Waals surface area contributed by atoms with E-state index in [0.717, 1.165) is 24.9 Å². The fourth-order valence-electron chi connectivity index (χ4n) is 1.64. The van der Waals surface area contributed by atoms with Gasteiger partial charge in [-0.3, -0.25) is 0 Å². The molecular weight excluding hydrogens is 172 g/mol. The normalized spacial score (nSPS) is 15.4. The molecule has 2 heteroatoms. The van der Waals surface area contributed by atoms with Gasteiger partial charge in [0.2, 0.25) is 0 Å². The summed E-state index contributed by atoms with van der Waals surface area (Å²) in [5.41, 5.74) is 0. The number of hydrogen-bond donors (Lipinski definition) is 2. The molecule has 0 aromatic carbocycles. The highest BCUT2D eigenvalue weighted by Gasteiger charge is 2.05. The van der Waals surface area contributed by atoms with Gasteiger partial charge in [-0.15, -0.1) is 0 Å². The predicted octanol–water partition coefficient (Wildman–Crippen LogP) is 2.26. The molecule has 0 bridgehead atoms. The Labute approximate surface area is 89.9 Å². The van der Waals surface area contributed by atoms with E-state index < -0.39 is 0 Å². The SMILES string of the molecule is CNCCC(C)CCC(C)CCNC. The molecule has 86 valence electrons. The van der Waals surface area contributed by atoms with Crippen molar-refractivity contribution in [2.24, 2.45) is 11.8 Å². The van der Waals surface area contributed by atoms with Crippen molar-refractivity contribution in [2.45, 2.75) is 39.5 Å². The zero-order chi connectivity index (χ0) is 10.8. The van der Waals surface area contributed by atoms with Gasteiger partial charge in [-0.25, -0.2) is 0 Å². The average Bonchev–Trinajstić information content (AvgIpc) is 2.20. The van der Waals surface area contributed by atoms with E-state index in [4.69, 9.17) is 0 Å². The van der Waals surface area contributed by atoms with Crippen molar-refractivity contribution in [1.29, 1.82) is 0 Å². The summed E-state index contributed by atoms with van der Waals surface area (Å²) in [7, 11) is 4.06. The van der Waals surface area contributed by atoms with Gasteiger partial charge in [0.15, 0.2) is 0 Å². The Morgan fingerprint density at radius 3 is 1.36 bits per heavy atom. The monoisotopic (exact) mass is 200 g/mol. The molecule has 0 radical (unpaired) electrons. The van der Waals surface area contributed by atoms with Gasteiger partial charge in [0.25, 0.3) is 0 Å². The molecule has 2 N–H and O–H groups in total. The molecule has 0 aliphatic rings. The summed E-state index contributed by atoms with van der Waals surface area (Å²) in [5, 5.41) is 6.42. The Morgan fingerprint density at radius 2 is 1.07 bits per heavy atom. The molecular formula is C12H28N2. The molecule has 0 aromatic heterocycles. The molecule has 0 aromatic rings. The largest absolute Gasteiger partial charge is 0.320 e. The van der Waals surface area contributed by atoms with E-state index in [2.05, 4.69) is 24.5 Å². The topological polar surface area (TPSA) is 24.1 Å². The lowest BCUT2D eigenvalue weighted by Gasteiger charge is -2.15. The summed E-state index contributed by atoms with van der Waals surface area (Å²) >= 11 is 0. The highest BCUT2D eigenvalue weighted by molar-refractivity contribution is 4.60. The van der Waals surface area contributed by atoms with Crippen LogP contribution in [0.1, 0.15) is 39.5 Å². The van der Waals surface area contributed by atoms with E-state index in [1.165, 1.54) is 25.7 Å². The van der Waals surface area contributed by atoms with Gasteiger partial charge in [0, 0.05) is 0 Å². The summed E-state index contributed by atoms with van der Waals surface area (Å²) in [6.45, 7) is 7.04. The minimum absolute atomic E-state index is 0.875. The molecule has 2 atom stereocenters. The highest BCUT2D eigenvalue weighted by atomic mass is 14.8. The minimum Gasteiger partial charge on any atom is -0.320 e. The zero-order valence-electron chi connectivity index (χ0n) is 10.4. The maximum atomic E-state index is 3.21. The summed E-state index contributed by atoms with van der Waals surface area (Å²) < 4.78 is 0. The highest BCUT2D eigenvalue weighted by Crippen LogP contribution is 2.16. The van der Waals surface area contributed by atoms with Crippen LogP contribution in [0, 0.1) is 11.8 Å². The van der Waals surface area contributed by atoms with Crippen LogP contribution in [-0.2, 0) is 0 Å². The molecule has 0 spiro atoms. The van der Waals surface area contributed by atoms with Crippen LogP contribution in [-0.4, -0.2) is 27.2 Å². The van der Waals surface area contributed by atoms with Gasteiger partial charge >= 0.3 is 0 Å². The molecule has 0 aliphatic carbocycles. The smallest absolute Gasteiger partial charge is 0.00494 e. The fraction of sp³-hybridized carbons (Fsp3) is 1.00. The van der Waals surface area contributed by atoms with Crippen LogP contribution in [0.4, 0.5) is 0 Å². The summed E-state index contributed by atoms with van der Waals surface area (Å²) in [6.07, 6.45) is 5.39. The Morgan fingerprint density at radius 1 is 0.714 bits per heavy atom. The Kier molecular flexibility index (Phi) is 9.42. The van der Waals surface area contributed by atoms with Crippen molar-refractivity contribution in [2.75, 3.05) is 27.2 Å². The third-order valence-corrected chi connectivity index (χ3v) is 2.93. The van der Waals surface area contributed by atoms with E-state index in [1.807, 2.05) is 14.1 Å². The van der Waals surface area contributed by atoms with Gasteiger partial charge in [-0.2, -0.15) is 0 Å². The second-order valence-corrected chi connectivity index (χ2v) is 4.57. The molecule has 2 nitrogen and oxygen atoms in total. The van der Waals surface area contributed by atoms with Crippen molar-refractivity contribution < 1.29 is 0 Å². The van der Waals surface area contributed by atoms with Crippen LogP contribution in [0.2, 0.25) is 0 Å². The van der Waals surface area contributed by atoms with Gasteiger partial charge in [-0.05, 0) is 51.9 Å². The molecule has 0 fully saturated rings. The van der Waals surface area contributed by atoms with Crippen LogP contribution in [0.15, 0.2) is 0 Å². The molecule has 0 saturated carbocycles.